The van der Waals surface area contributed by atoms with Gasteiger partial charge in [0.2, 0.25) is 0 Å². The molecule has 0 N–H and O–H groups in total. The highest BCUT2D eigenvalue weighted by atomic mass is 32.2. The molecule has 1 saturated heterocycles. The molecule has 0 saturated carbocycles. The summed E-state index contributed by atoms with van der Waals surface area (Å²) in [6.07, 6.45) is 16.2. The zero-order valence-corrected chi connectivity index (χ0v) is 18.5. The molecule has 4 heteroatoms. The number of rotatable bonds is 10. The third-order valence-electron chi connectivity index (χ3n) is 5.49. The number of imidazole rings is 1. The van der Waals surface area contributed by atoms with E-state index in [9.17, 15) is 0 Å². The van der Waals surface area contributed by atoms with Gasteiger partial charge in [-0.3, -0.25) is 0 Å². The number of aromatic nitrogens is 2. The molecule has 2 atom stereocenters. The number of hydrogen-bond donors (Lipinski definition) is 0. The van der Waals surface area contributed by atoms with E-state index < -0.39 is 0 Å². The predicted molar refractivity (Wildman–Crippen MR) is 122 cm³/mol. The average molecular weight is 403 g/mol. The zero-order valence-electron chi connectivity index (χ0n) is 16.9. The minimum Gasteiger partial charge on any atom is -0.335 e. The molecule has 1 aromatic carbocycles. The maximum Gasteiger partial charge on any atom is 0.0946 e. The molecular weight excluding hydrogens is 368 g/mol. The summed E-state index contributed by atoms with van der Waals surface area (Å²) in [5.41, 5.74) is 2.98. The molecular formula is C23H34N2S2. The number of hydrogen-bond acceptors (Lipinski definition) is 3. The largest absolute Gasteiger partial charge is 0.335 e. The van der Waals surface area contributed by atoms with Crippen molar-refractivity contribution >= 4 is 23.5 Å². The van der Waals surface area contributed by atoms with Crippen molar-refractivity contribution in [3.05, 3.63) is 54.1 Å². The molecule has 2 nitrogen and oxygen atoms in total. The van der Waals surface area contributed by atoms with Crippen molar-refractivity contribution in [2.75, 3.05) is 5.75 Å². The highest BCUT2D eigenvalue weighted by Crippen LogP contribution is 2.50. The lowest BCUT2D eigenvalue weighted by atomic mass is 10.0. The first-order valence-corrected chi connectivity index (χ1v) is 12.4. The van der Waals surface area contributed by atoms with Crippen LogP contribution in [0.2, 0.25) is 0 Å². The van der Waals surface area contributed by atoms with Crippen LogP contribution in [0.5, 0.6) is 0 Å². The van der Waals surface area contributed by atoms with Gasteiger partial charge in [0.1, 0.15) is 0 Å². The van der Waals surface area contributed by atoms with Gasteiger partial charge >= 0.3 is 0 Å². The van der Waals surface area contributed by atoms with Crippen LogP contribution in [0, 0.1) is 0 Å². The topological polar surface area (TPSA) is 17.8 Å². The second-order valence-electron chi connectivity index (χ2n) is 7.70. The van der Waals surface area contributed by atoms with Crippen LogP contribution in [0.1, 0.15) is 63.5 Å². The second kappa shape index (κ2) is 10.6. The first-order valence-electron chi connectivity index (χ1n) is 10.6. The van der Waals surface area contributed by atoms with Gasteiger partial charge in [0.15, 0.2) is 0 Å². The van der Waals surface area contributed by atoms with Gasteiger partial charge < -0.3 is 4.57 Å². The molecule has 148 valence electrons. The van der Waals surface area contributed by atoms with Gasteiger partial charge in [-0.05, 0) is 61.8 Å². The highest BCUT2D eigenvalue weighted by Gasteiger charge is 2.37. The number of unbranched alkanes of at least 4 members (excludes halogenated alkanes) is 1. The van der Waals surface area contributed by atoms with Crippen LogP contribution in [0.3, 0.4) is 0 Å². The molecule has 2 aromatic rings. The summed E-state index contributed by atoms with van der Waals surface area (Å²) in [7, 11) is 0. The Morgan fingerprint density at radius 1 is 1.11 bits per heavy atom. The lowest BCUT2D eigenvalue weighted by molar-refractivity contribution is 0.559. The van der Waals surface area contributed by atoms with Crippen LogP contribution in [0.4, 0.5) is 0 Å². The number of thioether (sulfide) groups is 2. The Balaban J connectivity index is 1.57. The third kappa shape index (κ3) is 6.32. The molecule has 0 radical (unpaired) electrons. The molecule has 1 aliphatic heterocycles. The van der Waals surface area contributed by atoms with Crippen LogP contribution in [0.15, 0.2) is 43.0 Å². The van der Waals surface area contributed by atoms with Crippen molar-refractivity contribution in [2.24, 2.45) is 0 Å². The molecule has 0 bridgehead atoms. The minimum absolute atomic E-state index is 0.306. The predicted octanol–water partition coefficient (Wildman–Crippen LogP) is 6.59. The molecule has 27 heavy (non-hydrogen) atoms. The number of benzene rings is 1. The zero-order chi connectivity index (χ0) is 19.0. The molecule has 0 aliphatic carbocycles. The van der Waals surface area contributed by atoms with E-state index in [1.54, 1.807) is 0 Å². The molecule has 0 spiro atoms. The maximum atomic E-state index is 4.26. The van der Waals surface area contributed by atoms with Crippen molar-refractivity contribution in [2.45, 2.75) is 81.1 Å². The number of aryl methyl sites for hydroxylation is 2. The van der Waals surface area contributed by atoms with Gasteiger partial charge in [-0.15, -0.1) is 23.5 Å². The van der Waals surface area contributed by atoms with Gasteiger partial charge in [-0.1, -0.05) is 44.5 Å². The molecule has 2 heterocycles. The summed E-state index contributed by atoms with van der Waals surface area (Å²) >= 11 is 4.43. The Hall–Kier alpha value is -0.870. The molecule has 1 aromatic heterocycles. The quantitative estimate of drug-likeness (QED) is 0.446. The first kappa shape index (κ1) is 20.9. The van der Waals surface area contributed by atoms with Crippen molar-refractivity contribution in [1.82, 2.24) is 9.55 Å². The van der Waals surface area contributed by atoms with Gasteiger partial charge in [0, 0.05) is 24.2 Å². The molecule has 0 amide bonds. The molecule has 3 rings (SSSR count). The van der Waals surface area contributed by atoms with Gasteiger partial charge in [-0.2, -0.15) is 0 Å². The normalized spacial score (nSPS) is 22.8. The van der Waals surface area contributed by atoms with E-state index in [0.29, 0.717) is 4.08 Å². The monoisotopic (exact) mass is 402 g/mol. The maximum absolute atomic E-state index is 4.26. The Morgan fingerprint density at radius 3 is 2.48 bits per heavy atom. The van der Waals surface area contributed by atoms with Crippen molar-refractivity contribution in [3.8, 4) is 0 Å². The summed E-state index contributed by atoms with van der Waals surface area (Å²) in [6.45, 7) is 5.68. The second-order valence-corrected chi connectivity index (χ2v) is 11.1. The van der Waals surface area contributed by atoms with E-state index in [0.717, 1.165) is 11.8 Å². The summed E-state index contributed by atoms with van der Waals surface area (Å²) in [6, 6.07) is 9.38. The van der Waals surface area contributed by atoms with Crippen LogP contribution in [-0.4, -0.2) is 24.6 Å². The Kier molecular flexibility index (Phi) is 8.20. The molecule has 1 fully saturated rings. The lowest BCUT2D eigenvalue weighted by Crippen LogP contribution is -2.33. The fraction of sp³-hybridized carbons (Fsp3) is 0.609. The highest BCUT2D eigenvalue weighted by molar-refractivity contribution is 8.19. The minimum atomic E-state index is 0.306. The van der Waals surface area contributed by atoms with Crippen LogP contribution in [0.25, 0.3) is 0 Å². The standard InChI is InChI=1S/C23H34N2S2/c1-3-5-7-20-9-11-21(12-10-20)8-6-14-23(18-25-16-15-24-19-25)26-17-13-22(4-2)27-23/h9-12,15-16,19,22H,3-8,13-14,17-18H2,1-2H3. The summed E-state index contributed by atoms with van der Waals surface area (Å²) in [5.74, 6) is 1.30. The van der Waals surface area contributed by atoms with E-state index in [1.165, 1.54) is 68.2 Å². The fourth-order valence-electron chi connectivity index (χ4n) is 3.83. The summed E-state index contributed by atoms with van der Waals surface area (Å²) in [5, 5.41) is 0.813. The van der Waals surface area contributed by atoms with E-state index in [1.807, 2.05) is 12.5 Å². The van der Waals surface area contributed by atoms with Crippen LogP contribution >= 0.6 is 23.5 Å². The van der Waals surface area contributed by atoms with E-state index >= 15 is 0 Å². The van der Waals surface area contributed by atoms with Crippen molar-refractivity contribution in [3.63, 3.8) is 0 Å². The Labute approximate surface area is 173 Å². The van der Waals surface area contributed by atoms with Gasteiger partial charge in [0.25, 0.3) is 0 Å². The van der Waals surface area contributed by atoms with Crippen molar-refractivity contribution in [1.29, 1.82) is 0 Å². The van der Waals surface area contributed by atoms with E-state index in [2.05, 4.69) is 77.4 Å². The SMILES string of the molecule is CCCCc1ccc(CCCC2(Cn3ccnc3)SCCC(CC)S2)cc1. The fourth-order valence-corrected chi connectivity index (χ4v) is 7.71. The summed E-state index contributed by atoms with van der Waals surface area (Å²) in [4.78, 5) is 4.26. The van der Waals surface area contributed by atoms with Gasteiger partial charge in [-0.25, -0.2) is 4.98 Å². The number of nitrogens with zero attached hydrogens (tertiary/aromatic N) is 2. The Bertz CT molecular complexity index is 654. The average Bonchev–Trinajstić information content (AvgIpc) is 3.20. The summed E-state index contributed by atoms with van der Waals surface area (Å²) < 4.78 is 2.58. The lowest BCUT2D eigenvalue weighted by Gasteiger charge is -2.40. The van der Waals surface area contributed by atoms with Gasteiger partial charge in [0.05, 0.1) is 10.4 Å². The molecule has 2 unspecified atom stereocenters. The van der Waals surface area contributed by atoms with Crippen LogP contribution < -0.4 is 0 Å². The molecule has 1 aliphatic rings. The Morgan fingerprint density at radius 2 is 1.85 bits per heavy atom. The smallest absolute Gasteiger partial charge is 0.0946 e. The van der Waals surface area contributed by atoms with Crippen LogP contribution in [-0.2, 0) is 19.4 Å². The third-order valence-corrected chi connectivity index (χ3v) is 9.10. The van der Waals surface area contributed by atoms with E-state index in [-0.39, 0.29) is 0 Å². The van der Waals surface area contributed by atoms with E-state index in [4.69, 9.17) is 0 Å². The first-order chi connectivity index (χ1) is 13.2. The van der Waals surface area contributed by atoms with Crippen molar-refractivity contribution < 1.29 is 0 Å².